The zero-order valence-corrected chi connectivity index (χ0v) is 15.6. The van der Waals surface area contributed by atoms with Gasteiger partial charge in [0.25, 0.3) is 0 Å². The van der Waals surface area contributed by atoms with Crippen molar-refractivity contribution in [1.82, 2.24) is 0 Å². The third-order valence-electron chi connectivity index (χ3n) is 3.17. The minimum absolute atomic E-state index is 0.0826. The number of benzene rings is 2. The first-order valence-corrected chi connectivity index (χ1v) is 9.35. The van der Waals surface area contributed by atoms with Crippen molar-refractivity contribution in [3.05, 3.63) is 77.4 Å². The summed E-state index contributed by atoms with van der Waals surface area (Å²) in [7, 11) is -2.86. The molecule has 2 aromatic carbocycles. The Labute approximate surface area is 149 Å². The first kappa shape index (κ1) is 21.3. The fourth-order valence-corrected chi connectivity index (χ4v) is 2.51. The summed E-state index contributed by atoms with van der Waals surface area (Å²) in [4.78, 5) is 16.2. The van der Waals surface area contributed by atoms with Crippen LogP contribution < -0.4 is 0 Å². The minimum Gasteiger partial charge on any atom is -0.382 e. The van der Waals surface area contributed by atoms with Gasteiger partial charge in [-0.3, -0.25) is 4.52 Å². The van der Waals surface area contributed by atoms with Crippen LogP contribution in [0.5, 0.6) is 0 Å². The summed E-state index contributed by atoms with van der Waals surface area (Å²) in [6, 6.07) is 21.1. The van der Waals surface area contributed by atoms with Crippen molar-refractivity contribution in [1.29, 1.82) is 0 Å². The predicted octanol–water partition coefficient (Wildman–Crippen LogP) is 4.27. The van der Waals surface area contributed by atoms with Gasteiger partial charge in [0, 0.05) is 7.11 Å². The van der Waals surface area contributed by atoms with Crippen LogP contribution in [0, 0.1) is 0 Å². The van der Waals surface area contributed by atoms with Gasteiger partial charge in [-0.25, -0.2) is 4.57 Å². The molecular formula is C19H25O5P. The summed E-state index contributed by atoms with van der Waals surface area (Å²) in [5.74, 6) is 0. The highest BCUT2D eigenvalue weighted by atomic mass is 31.2. The number of phosphoric ester groups is 1. The van der Waals surface area contributed by atoms with E-state index in [1.165, 1.54) is 29.4 Å². The Morgan fingerprint density at radius 3 is 1.64 bits per heavy atom. The van der Waals surface area contributed by atoms with Crippen molar-refractivity contribution < 1.29 is 23.6 Å². The standard InChI is InChI=1S/C16H16.C3H9O5P/c1-13(2)16(14-9-5-3-6-10-14)15-11-7-4-8-12-15;1-7-2-3-8-9(4,5)6/h3-12H,1-2H3;2-3H2,1H3,(H2,4,5,6). The summed E-state index contributed by atoms with van der Waals surface area (Å²) >= 11 is 0. The van der Waals surface area contributed by atoms with E-state index < -0.39 is 7.82 Å². The molecule has 5 nitrogen and oxygen atoms in total. The molecule has 0 saturated heterocycles. The molecule has 0 radical (unpaired) electrons. The van der Waals surface area contributed by atoms with Crippen molar-refractivity contribution in [2.24, 2.45) is 0 Å². The van der Waals surface area contributed by atoms with E-state index in [0.29, 0.717) is 0 Å². The molecule has 0 aromatic heterocycles. The van der Waals surface area contributed by atoms with Crippen LogP contribution in [-0.2, 0) is 13.8 Å². The number of hydrogen-bond donors (Lipinski definition) is 2. The molecule has 2 rings (SSSR count). The van der Waals surface area contributed by atoms with E-state index in [0.717, 1.165) is 0 Å². The Balaban J connectivity index is 0.000000299. The highest BCUT2D eigenvalue weighted by Gasteiger charge is 2.11. The third kappa shape index (κ3) is 8.77. The first-order chi connectivity index (χ1) is 11.8. The highest BCUT2D eigenvalue weighted by Crippen LogP contribution is 2.35. The van der Waals surface area contributed by atoms with Gasteiger partial charge < -0.3 is 14.5 Å². The topological polar surface area (TPSA) is 76.0 Å². The Bertz CT molecular complexity index is 647. The van der Waals surface area contributed by atoms with Crippen molar-refractivity contribution in [2.45, 2.75) is 13.8 Å². The van der Waals surface area contributed by atoms with E-state index in [1.807, 2.05) is 0 Å². The van der Waals surface area contributed by atoms with E-state index in [9.17, 15) is 4.57 Å². The summed E-state index contributed by atoms with van der Waals surface area (Å²) < 4.78 is 18.4. The van der Waals surface area contributed by atoms with Gasteiger partial charge in [0.1, 0.15) is 0 Å². The van der Waals surface area contributed by atoms with Crippen molar-refractivity contribution in [3.8, 4) is 0 Å². The molecule has 0 unspecified atom stereocenters. The van der Waals surface area contributed by atoms with Gasteiger partial charge in [-0.1, -0.05) is 66.2 Å². The molecular weight excluding hydrogens is 339 g/mol. The Hall–Kier alpha value is -1.75. The van der Waals surface area contributed by atoms with E-state index in [-0.39, 0.29) is 13.2 Å². The molecule has 136 valence electrons. The average molecular weight is 364 g/mol. The van der Waals surface area contributed by atoms with Crippen LogP contribution in [0.3, 0.4) is 0 Å². The number of methoxy groups -OCH3 is 1. The summed E-state index contributed by atoms with van der Waals surface area (Å²) in [5, 5.41) is 0. The molecule has 25 heavy (non-hydrogen) atoms. The number of hydrogen-bond acceptors (Lipinski definition) is 3. The summed E-state index contributed by atoms with van der Waals surface area (Å²) in [6.45, 7) is 4.43. The Morgan fingerprint density at radius 2 is 1.32 bits per heavy atom. The number of allylic oxidation sites excluding steroid dienone is 1. The fraction of sp³-hybridized carbons (Fsp3) is 0.263. The van der Waals surface area contributed by atoms with Crippen LogP contribution in [0.4, 0.5) is 0 Å². The normalized spacial score (nSPS) is 10.6. The lowest BCUT2D eigenvalue weighted by molar-refractivity contribution is 0.120. The zero-order valence-electron chi connectivity index (χ0n) is 14.8. The smallest absolute Gasteiger partial charge is 0.382 e. The van der Waals surface area contributed by atoms with E-state index in [4.69, 9.17) is 9.79 Å². The zero-order chi connectivity index (χ0) is 18.7. The van der Waals surface area contributed by atoms with Gasteiger partial charge in [0.15, 0.2) is 0 Å². The minimum atomic E-state index is -4.28. The van der Waals surface area contributed by atoms with E-state index in [1.54, 1.807) is 0 Å². The van der Waals surface area contributed by atoms with Crippen molar-refractivity contribution >= 4 is 13.4 Å². The number of rotatable bonds is 6. The Kier molecular flexibility index (Phi) is 9.35. The molecule has 2 aromatic rings. The molecule has 0 aliphatic carbocycles. The highest BCUT2D eigenvalue weighted by molar-refractivity contribution is 7.46. The van der Waals surface area contributed by atoms with E-state index >= 15 is 0 Å². The molecule has 0 spiro atoms. The van der Waals surface area contributed by atoms with Gasteiger partial charge in [-0.15, -0.1) is 0 Å². The second-order valence-electron chi connectivity index (χ2n) is 5.42. The largest absolute Gasteiger partial charge is 0.469 e. The van der Waals surface area contributed by atoms with Crippen LogP contribution in [0.25, 0.3) is 5.57 Å². The molecule has 0 heterocycles. The summed E-state index contributed by atoms with van der Waals surface area (Å²) in [6.07, 6.45) is 0. The quantitative estimate of drug-likeness (QED) is 0.591. The molecule has 0 fully saturated rings. The summed E-state index contributed by atoms with van der Waals surface area (Å²) in [5.41, 5.74) is 5.25. The van der Waals surface area contributed by atoms with Gasteiger partial charge in [0.05, 0.1) is 13.2 Å². The molecule has 2 N–H and O–H groups in total. The van der Waals surface area contributed by atoms with Crippen LogP contribution in [0.1, 0.15) is 25.0 Å². The van der Waals surface area contributed by atoms with Gasteiger partial charge in [-0.2, -0.15) is 0 Å². The molecule has 6 heteroatoms. The number of ether oxygens (including phenoxy) is 1. The molecule has 0 saturated carbocycles. The maximum absolute atomic E-state index is 9.92. The maximum Gasteiger partial charge on any atom is 0.469 e. The lowest BCUT2D eigenvalue weighted by Crippen LogP contribution is -1.99. The average Bonchev–Trinajstić information content (AvgIpc) is 2.56. The number of phosphoric acid groups is 1. The lowest BCUT2D eigenvalue weighted by Gasteiger charge is -2.10. The SMILES string of the molecule is CC(C)=C(c1ccccc1)c1ccccc1.COCCOP(=O)(O)O. The first-order valence-electron chi connectivity index (χ1n) is 7.82. The second-order valence-corrected chi connectivity index (χ2v) is 6.66. The molecule has 0 amide bonds. The fourth-order valence-electron chi connectivity index (χ4n) is 2.19. The van der Waals surface area contributed by atoms with Crippen LogP contribution in [0.15, 0.2) is 66.2 Å². The van der Waals surface area contributed by atoms with Crippen LogP contribution >= 0.6 is 7.82 Å². The molecule has 0 bridgehead atoms. The van der Waals surface area contributed by atoms with Gasteiger partial charge in [-0.05, 0) is 30.5 Å². The molecule has 0 aliphatic heterocycles. The van der Waals surface area contributed by atoms with Gasteiger partial charge in [0.2, 0.25) is 0 Å². The predicted molar refractivity (Wildman–Crippen MR) is 100 cm³/mol. The third-order valence-corrected chi connectivity index (χ3v) is 3.69. The van der Waals surface area contributed by atoms with Crippen LogP contribution in [-0.4, -0.2) is 30.1 Å². The van der Waals surface area contributed by atoms with Crippen molar-refractivity contribution in [3.63, 3.8) is 0 Å². The van der Waals surface area contributed by atoms with E-state index in [2.05, 4.69) is 83.8 Å². The molecule has 0 aliphatic rings. The maximum atomic E-state index is 9.92. The Morgan fingerprint density at radius 1 is 0.880 bits per heavy atom. The lowest BCUT2D eigenvalue weighted by atomic mass is 9.94. The second kappa shape index (κ2) is 11.0. The van der Waals surface area contributed by atoms with Crippen molar-refractivity contribution in [2.75, 3.05) is 20.3 Å². The molecule has 0 atom stereocenters. The van der Waals surface area contributed by atoms with Gasteiger partial charge >= 0.3 is 7.82 Å². The monoisotopic (exact) mass is 364 g/mol. The van der Waals surface area contributed by atoms with Crippen LogP contribution in [0.2, 0.25) is 0 Å².